The second kappa shape index (κ2) is 6.50. The second-order valence-electron chi connectivity index (χ2n) is 4.67. The van der Waals surface area contributed by atoms with Gasteiger partial charge in [-0.15, -0.1) is 22.7 Å². The number of thiophene rings is 2. The molecule has 2 heterocycles. The molecule has 1 N–H and O–H groups in total. The van der Waals surface area contributed by atoms with E-state index in [1.807, 2.05) is 30.3 Å². The number of hydrogen-bond donors (Lipinski definition) is 1. The van der Waals surface area contributed by atoms with E-state index >= 15 is 0 Å². The van der Waals surface area contributed by atoms with Crippen LogP contribution in [0, 0.1) is 17.9 Å². The Labute approximate surface area is 141 Å². The van der Waals surface area contributed by atoms with Crippen LogP contribution in [0.2, 0.25) is 0 Å². The largest absolute Gasteiger partial charge is 0.508 e. The van der Waals surface area contributed by atoms with Gasteiger partial charge in [0.25, 0.3) is 5.70 Å². The monoisotopic (exact) mass is 334 g/mol. The van der Waals surface area contributed by atoms with Crippen molar-refractivity contribution in [1.29, 1.82) is 5.26 Å². The van der Waals surface area contributed by atoms with Crippen LogP contribution in [0.25, 0.3) is 31.1 Å². The Kier molecular flexibility index (Phi) is 4.25. The van der Waals surface area contributed by atoms with Crippen LogP contribution in [0.4, 0.5) is 0 Å². The van der Waals surface area contributed by atoms with Crippen molar-refractivity contribution in [2.75, 3.05) is 0 Å². The van der Waals surface area contributed by atoms with E-state index in [-0.39, 0.29) is 11.4 Å². The lowest BCUT2D eigenvalue weighted by Gasteiger charge is -1.97. The van der Waals surface area contributed by atoms with Gasteiger partial charge in [0.15, 0.2) is 0 Å². The van der Waals surface area contributed by atoms with Crippen molar-refractivity contribution >= 4 is 28.7 Å². The zero-order chi connectivity index (χ0) is 16.2. The fourth-order valence-corrected chi connectivity index (χ4v) is 4.09. The van der Waals surface area contributed by atoms with Gasteiger partial charge in [0.05, 0.1) is 12.6 Å². The molecule has 110 valence electrons. The molecular formula is C18H10N2OS2. The highest BCUT2D eigenvalue weighted by molar-refractivity contribution is 7.24. The summed E-state index contributed by atoms with van der Waals surface area (Å²) in [5, 5.41) is 18.2. The number of hydrogen-bond acceptors (Lipinski definition) is 4. The Morgan fingerprint density at radius 3 is 2.35 bits per heavy atom. The lowest BCUT2D eigenvalue weighted by Crippen LogP contribution is -1.69. The first-order chi connectivity index (χ1) is 11.2. The smallest absolute Gasteiger partial charge is 0.263 e. The summed E-state index contributed by atoms with van der Waals surface area (Å²) in [5.41, 5.74) is 1.16. The van der Waals surface area contributed by atoms with Gasteiger partial charge in [0.1, 0.15) is 5.75 Å². The zero-order valence-corrected chi connectivity index (χ0v) is 13.5. The Balaban J connectivity index is 1.88. The van der Waals surface area contributed by atoms with Crippen molar-refractivity contribution in [1.82, 2.24) is 0 Å². The van der Waals surface area contributed by atoms with Crippen LogP contribution < -0.4 is 0 Å². The second-order valence-corrected chi connectivity index (χ2v) is 6.87. The van der Waals surface area contributed by atoms with Gasteiger partial charge in [-0.3, -0.25) is 0 Å². The van der Waals surface area contributed by atoms with Gasteiger partial charge in [0.2, 0.25) is 0 Å². The topological polar surface area (TPSA) is 48.4 Å². The van der Waals surface area contributed by atoms with Gasteiger partial charge in [-0.2, -0.15) is 0 Å². The fraction of sp³-hybridized carbons (Fsp3) is 0. The quantitative estimate of drug-likeness (QED) is 0.498. The molecule has 0 amide bonds. The van der Waals surface area contributed by atoms with Crippen LogP contribution >= 0.6 is 22.7 Å². The van der Waals surface area contributed by atoms with E-state index < -0.39 is 0 Å². The van der Waals surface area contributed by atoms with E-state index in [0.29, 0.717) is 0 Å². The lowest BCUT2D eigenvalue weighted by molar-refractivity contribution is 0.475. The van der Waals surface area contributed by atoms with Gasteiger partial charge in [-0.25, -0.2) is 10.1 Å². The first kappa shape index (κ1) is 15.1. The van der Waals surface area contributed by atoms with Crippen LogP contribution in [-0.2, 0) is 0 Å². The SMILES string of the molecule is [C-]#[N+]/C(C#N)=C\c1ccc(-c2ccc(-c3ccc(O)cc3)s2)s1. The fourth-order valence-electron chi connectivity index (χ4n) is 2.04. The molecule has 0 aliphatic carbocycles. The Morgan fingerprint density at radius 2 is 1.65 bits per heavy atom. The standard InChI is InChI=1S/C18H10N2OS2/c1-20-13(11-19)10-15-6-7-17(22-15)18-9-8-16(23-18)12-2-4-14(21)5-3-12/h2-10,21H/b13-10-. The minimum absolute atomic E-state index is 0.0920. The number of nitriles is 1. The number of nitrogens with zero attached hydrogens (tertiary/aromatic N) is 2. The highest BCUT2D eigenvalue weighted by Gasteiger charge is 2.08. The van der Waals surface area contributed by atoms with Crippen LogP contribution in [0.1, 0.15) is 4.88 Å². The third kappa shape index (κ3) is 3.32. The van der Waals surface area contributed by atoms with E-state index in [2.05, 4.69) is 17.0 Å². The summed E-state index contributed by atoms with van der Waals surface area (Å²) < 4.78 is 0. The van der Waals surface area contributed by atoms with Crippen LogP contribution in [0.3, 0.4) is 0 Å². The molecule has 0 aliphatic heterocycles. The molecule has 0 unspecified atom stereocenters. The number of aromatic hydroxyl groups is 1. The summed E-state index contributed by atoms with van der Waals surface area (Å²) in [6.45, 7) is 6.92. The summed E-state index contributed by atoms with van der Waals surface area (Å²) in [7, 11) is 0. The number of rotatable bonds is 3. The molecule has 3 nitrogen and oxygen atoms in total. The van der Waals surface area contributed by atoms with Crippen molar-refractivity contribution in [3.8, 4) is 32.0 Å². The molecular weight excluding hydrogens is 324 g/mol. The van der Waals surface area contributed by atoms with Crippen molar-refractivity contribution in [3.63, 3.8) is 0 Å². The summed E-state index contributed by atoms with van der Waals surface area (Å²) in [5.74, 6) is 0.258. The van der Waals surface area contributed by atoms with E-state index in [4.69, 9.17) is 11.8 Å². The molecule has 3 rings (SSSR count). The first-order valence-electron chi connectivity index (χ1n) is 6.68. The molecule has 2 aromatic heterocycles. The van der Waals surface area contributed by atoms with E-state index in [1.54, 1.807) is 40.9 Å². The van der Waals surface area contributed by atoms with Gasteiger partial charge < -0.3 is 5.11 Å². The predicted octanol–water partition coefficient (Wildman–Crippen LogP) is 5.63. The molecule has 5 heteroatoms. The molecule has 0 bridgehead atoms. The van der Waals surface area contributed by atoms with Crippen molar-refractivity contribution < 1.29 is 5.11 Å². The number of allylic oxidation sites excluding steroid dienone is 1. The average molecular weight is 334 g/mol. The van der Waals surface area contributed by atoms with Crippen LogP contribution in [0.15, 0.2) is 54.2 Å². The van der Waals surface area contributed by atoms with Crippen LogP contribution in [0.5, 0.6) is 5.75 Å². The minimum Gasteiger partial charge on any atom is -0.508 e. The maximum Gasteiger partial charge on any atom is 0.263 e. The third-order valence-corrected chi connectivity index (χ3v) is 5.50. The minimum atomic E-state index is 0.0920. The number of benzene rings is 1. The van der Waals surface area contributed by atoms with Crippen molar-refractivity contribution in [2.24, 2.45) is 0 Å². The summed E-state index contributed by atoms with van der Waals surface area (Å²) in [6.07, 6.45) is 1.61. The van der Waals surface area contributed by atoms with Gasteiger partial charge >= 0.3 is 0 Å². The molecule has 1 aromatic carbocycles. The summed E-state index contributed by atoms with van der Waals surface area (Å²) >= 11 is 3.23. The highest BCUT2D eigenvalue weighted by atomic mass is 32.1. The molecule has 0 saturated heterocycles. The van der Waals surface area contributed by atoms with Crippen molar-refractivity contribution in [2.45, 2.75) is 0 Å². The van der Waals surface area contributed by atoms with Gasteiger partial charge in [-0.1, -0.05) is 0 Å². The lowest BCUT2D eigenvalue weighted by atomic mass is 10.2. The first-order valence-corrected chi connectivity index (χ1v) is 8.31. The highest BCUT2D eigenvalue weighted by Crippen LogP contribution is 2.38. The molecule has 0 saturated carbocycles. The van der Waals surface area contributed by atoms with E-state index in [0.717, 1.165) is 25.1 Å². The van der Waals surface area contributed by atoms with E-state index in [1.165, 1.54) is 0 Å². The third-order valence-electron chi connectivity index (χ3n) is 3.14. The van der Waals surface area contributed by atoms with Gasteiger partial charge in [0, 0.05) is 19.5 Å². The molecule has 0 spiro atoms. The zero-order valence-electron chi connectivity index (χ0n) is 11.9. The predicted molar refractivity (Wildman–Crippen MR) is 94.9 cm³/mol. The molecule has 0 atom stereocenters. The summed E-state index contributed by atoms with van der Waals surface area (Å²) in [6, 6.07) is 17.1. The Morgan fingerprint density at radius 1 is 1.00 bits per heavy atom. The maximum absolute atomic E-state index is 9.36. The van der Waals surface area contributed by atoms with E-state index in [9.17, 15) is 5.11 Å². The molecule has 23 heavy (non-hydrogen) atoms. The molecule has 0 radical (unpaired) electrons. The molecule has 3 aromatic rings. The molecule has 0 fully saturated rings. The van der Waals surface area contributed by atoms with Gasteiger partial charge in [-0.05, 0) is 60.2 Å². The summed E-state index contributed by atoms with van der Waals surface area (Å²) in [4.78, 5) is 7.44. The number of phenols is 1. The Bertz CT molecular complexity index is 934. The van der Waals surface area contributed by atoms with Crippen molar-refractivity contribution in [3.05, 3.63) is 70.5 Å². The molecule has 0 aliphatic rings. The average Bonchev–Trinajstić information content (AvgIpc) is 3.22. The number of phenolic OH excluding ortho intramolecular Hbond substituents is 1. The van der Waals surface area contributed by atoms with Crippen LogP contribution in [-0.4, -0.2) is 5.11 Å². The maximum atomic E-state index is 9.36. The Hall–Kier alpha value is -2.86. The normalized spacial score (nSPS) is 11.0.